The Labute approximate surface area is 217 Å². The normalized spacial score (nSPS) is 13.1. The summed E-state index contributed by atoms with van der Waals surface area (Å²) in [4.78, 5) is 34.5. The molecular weight excluding hydrogens is 486 g/mol. The van der Waals surface area contributed by atoms with E-state index < -0.39 is 0 Å². The minimum Gasteiger partial charge on any atom is -0.337 e. The molecule has 1 aliphatic heterocycles. The van der Waals surface area contributed by atoms with Crippen LogP contribution in [0.5, 0.6) is 0 Å². The number of carbonyl (C=O) groups excluding carboxylic acids is 1. The van der Waals surface area contributed by atoms with Gasteiger partial charge in [0.15, 0.2) is 5.16 Å². The Morgan fingerprint density at radius 3 is 2.39 bits per heavy atom. The van der Waals surface area contributed by atoms with Crippen molar-refractivity contribution in [1.82, 2.24) is 14.5 Å². The molecule has 0 saturated heterocycles. The summed E-state index contributed by atoms with van der Waals surface area (Å²) in [6.45, 7) is 1.33. The lowest BCUT2D eigenvalue weighted by atomic mass is 10.00. The van der Waals surface area contributed by atoms with Gasteiger partial charge in [0.25, 0.3) is 5.56 Å². The molecule has 6 rings (SSSR count). The van der Waals surface area contributed by atoms with Crippen LogP contribution in [0.4, 0.5) is 0 Å². The van der Waals surface area contributed by atoms with Crippen LogP contribution < -0.4 is 5.56 Å². The van der Waals surface area contributed by atoms with Crippen molar-refractivity contribution in [2.45, 2.75) is 18.1 Å². The van der Waals surface area contributed by atoms with E-state index >= 15 is 0 Å². The Hall–Kier alpha value is -3.68. The largest absolute Gasteiger partial charge is 0.337 e. The molecule has 7 heteroatoms. The molecule has 5 aromatic rings. The first-order valence-corrected chi connectivity index (χ1v) is 13.7. The molecule has 0 radical (unpaired) electrons. The fraction of sp³-hybridized carbons (Fsp3) is 0.138. The molecule has 0 bridgehead atoms. The highest BCUT2D eigenvalue weighted by Gasteiger charge is 2.23. The highest BCUT2D eigenvalue weighted by atomic mass is 32.2. The van der Waals surface area contributed by atoms with Gasteiger partial charge in [-0.15, -0.1) is 11.3 Å². The number of rotatable bonds is 5. The van der Waals surface area contributed by atoms with Gasteiger partial charge in [0.1, 0.15) is 4.83 Å². The van der Waals surface area contributed by atoms with Gasteiger partial charge in [-0.1, -0.05) is 84.6 Å². The van der Waals surface area contributed by atoms with Gasteiger partial charge in [0.2, 0.25) is 5.91 Å². The quantitative estimate of drug-likeness (QED) is 0.222. The van der Waals surface area contributed by atoms with E-state index in [9.17, 15) is 9.59 Å². The number of thioether (sulfide) groups is 1. The van der Waals surface area contributed by atoms with Crippen LogP contribution in [0.25, 0.3) is 27.0 Å². The maximum Gasteiger partial charge on any atom is 0.268 e. The fourth-order valence-electron chi connectivity index (χ4n) is 4.63. The number of carbonyl (C=O) groups is 1. The third kappa shape index (κ3) is 4.25. The van der Waals surface area contributed by atoms with Gasteiger partial charge in [-0.25, -0.2) is 4.98 Å². The second-order valence-corrected chi connectivity index (χ2v) is 10.5. The third-order valence-electron chi connectivity index (χ3n) is 6.48. The van der Waals surface area contributed by atoms with Crippen molar-refractivity contribution in [2.24, 2.45) is 0 Å². The second kappa shape index (κ2) is 9.76. The molecule has 0 N–H and O–H groups in total. The Balaban J connectivity index is 1.35. The second-order valence-electron chi connectivity index (χ2n) is 8.69. The van der Waals surface area contributed by atoms with Gasteiger partial charge in [-0.3, -0.25) is 14.2 Å². The van der Waals surface area contributed by atoms with E-state index in [0.717, 1.165) is 23.2 Å². The summed E-state index contributed by atoms with van der Waals surface area (Å²) in [5.74, 6) is 0.281. The van der Waals surface area contributed by atoms with Crippen LogP contribution in [0, 0.1) is 0 Å². The topological polar surface area (TPSA) is 55.2 Å². The predicted octanol–water partition coefficient (Wildman–Crippen LogP) is 5.79. The number of para-hydroxylation sites is 1. The van der Waals surface area contributed by atoms with Gasteiger partial charge in [0, 0.05) is 24.0 Å². The van der Waals surface area contributed by atoms with Crippen LogP contribution in [-0.2, 0) is 17.8 Å². The summed E-state index contributed by atoms with van der Waals surface area (Å²) in [6, 6.07) is 27.7. The van der Waals surface area contributed by atoms with Crippen LogP contribution in [0.2, 0.25) is 0 Å². The standard InChI is InChI=1S/C29H23N3O2S2/c33-25(31-16-15-20-9-7-8-12-22(20)17-31)19-36-29-30-27-26(24(18-35-27)21-10-3-1-4-11-21)28(34)32(29)23-13-5-2-6-14-23/h1-14,18H,15-17,19H2. The van der Waals surface area contributed by atoms with E-state index in [1.165, 1.54) is 34.2 Å². The Morgan fingerprint density at radius 2 is 1.61 bits per heavy atom. The minimum atomic E-state index is -0.117. The number of hydrogen-bond donors (Lipinski definition) is 0. The average molecular weight is 510 g/mol. The molecule has 0 aliphatic carbocycles. The third-order valence-corrected chi connectivity index (χ3v) is 8.28. The lowest BCUT2D eigenvalue weighted by molar-refractivity contribution is -0.129. The summed E-state index contributed by atoms with van der Waals surface area (Å²) < 4.78 is 1.64. The van der Waals surface area contributed by atoms with Gasteiger partial charge < -0.3 is 4.90 Å². The van der Waals surface area contributed by atoms with Crippen molar-refractivity contribution in [3.05, 3.63) is 112 Å². The zero-order chi connectivity index (χ0) is 24.5. The first-order chi connectivity index (χ1) is 17.7. The number of fused-ring (bicyclic) bond motifs is 2. The zero-order valence-electron chi connectivity index (χ0n) is 19.5. The summed E-state index contributed by atoms with van der Waals surface area (Å²) in [5, 5.41) is 3.14. The number of thiophene rings is 1. The van der Waals surface area contributed by atoms with E-state index in [1.807, 2.05) is 83.1 Å². The maximum absolute atomic E-state index is 13.9. The van der Waals surface area contributed by atoms with E-state index in [-0.39, 0.29) is 17.2 Å². The molecule has 0 fully saturated rings. The van der Waals surface area contributed by atoms with Crippen LogP contribution in [0.15, 0.2) is 100 Å². The van der Waals surface area contributed by atoms with Gasteiger partial charge in [-0.05, 0) is 35.2 Å². The molecule has 0 spiro atoms. The Morgan fingerprint density at radius 1 is 0.917 bits per heavy atom. The lowest BCUT2D eigenvalue weighted by Gasteiger charge is -2.28. The van der Waals surface area contributed by atoms with Crippen molar-refractivity contribution in [1.29, 1.82) is 0 Å². The minimum absolute atomic E-state index is 0.0552. The molecule has 5 nitrogen and oxygen atoms in total. The summed E-state index contributed by atoms with van der Waals surface area (Å²) in [5.41, 5.74) is 5.01. The molecule has 178 valence electrons. The molecule has 3 heterocycles. The van der Waals surface area contributed by atoms with Crippen LogP contribution in [0.1, 0.15) is 11.1 Å². The Bertz CT molecular complexity index is 1610. The fourth-order valence-corrected chi connectivity index (χ4v) is 6.53. The molecule has 0 unspecified atom stereocenters. The van der Waals surface area contributed by atoms with Crippen molar-refractivity contribution in [3.8, 4) is 16.8 Å². The molecule has 3 aromatic carbocycles. The van der Waals surface area contributed by atoms with Crippen molar-refractivity contribution >= 4 is 39.2 Å². The summed E-state index contributed by atoms with van der Waals surface area (Å²) >= 11 is 2.79. The molecule has 2 aromatic heterocycles. The Kier molecular flexibility index (Phi) is 6.17. The monoisotopic (exact) mass is 509 g/mol. The zero-order valence-corrected chi connectivity index (χ0v) is 21.1. The number of amides is 1. The van der Waals surface area contributed by atoms with Crippen LogP contribution >= 0.6 is 23.1 Å². The van der Waals surface area contributed by atoms with Crippen LogP contribution in [-0.4, -0.2) is 32.7 Å². The van der Waals surface area contributed by atoms with Crippen molar-refractivity contribution < 1.29 is 4.79 Å². The van der Waals surface area contributed by atoms with E-state index in [4.69, 9.17) is 4.98 Å². The smallest absolute Gasteiger partial charge is 0.268 e. The van der Waals surface area contributed by atoms with E-state index in [0.29, 0.717) is 28.5 Å². The van der Waals surface area contributed by atoms with Gasteiger partial charge >= 0.3 is 0 Å². The SMILES string of the molecule is O=C(CSc1nc2scc(-c3ccccc3)c2c(=O)n1-c1ccccc1)N1CCc2ccccc2C1. The maximum atomic E-state index is 13.9. The van der Waals surface area contributed by atoms with E-state index in [1.54, 1.807) is 4.57 Å². The molecule has 1 amide bonds. The highest BCUT2D eigenvalue weighted by Crippen LogP contribution is 2.33. The number of benzene rings is 3. The average Bonchev–Trinajstić information content (AvgIpc) is 3.37. The first-order valence-electron chi connectivity index (χ1n) is 11.8. The molecule has 0 saturated carbocycles. The molecule has 1 aliphatic rings. The molecular formula is C29H23N3O2S2. The van der Waals surface area contributed by atoms with Gasteiger partial charge in [-0.2, -0.15) is 0 Å². The first kappa shape index (κ1) is 22.8. The van der Waals surface area contributed by atoms with Crippen molar-refractivity contribution in [2.75, 3.05) is 12.3 Å². The number of aromatic nitrogens is 2. The summed E-state index contributed by atoms with van der Waals surface area (Å²) in [7, 11) is 0. The van der Waals surface area contributed by atoms with Crippen LogP contribution in [0.3, 0.4) is 0 Å². The highest BCUT2D eigenvalue weighted by molar-refractivity contribution is 7.99. The number of nitrogens with zero attached hydrogens (tertiary/aromatic N) is 3. The predicted molar refractivity (Wildman–Crippen MR) is 147 cm³/mol. The summed E-state index contributed by atoms with van der Waals surface area (Å²) in [6.07, 6.45) is 0.864. The van der Waals surface area contributed by atoms with E-state index in [2.05, 4.69) is 12.1 Å². The lowest BCUT2D eigenvalue weighted by Crippen LogP contribution is -2.37. The molecule has 0 atom stereocenters. The van der Waals surface area contributed by atoms with Gasteiger partial charge in [0.05, 0.1) is 16.8 Å². The number of hydrogen-bond acceptors (Lipinski definition) is 5. The molecule has 36 heavy (non-hydrogen) atoms. The van der Waals surface area contributed by atoms with Crippen molar-refractivity contribution in [3.63, 3.8) is 0 Å².